The summed E-state index contributed by atoms with van der Waals surface area (Å²) in [5.41, 5.74) is 7.23. The second-order valence-corrected chi connectivity index (χ2v) is 7.54. The van der Waals surface area contributed by atoms with Crippen LogP contribution in [0.1, 0.15) is 38.2 Å². The van der Waals surface area contributed by atoms with Gasteiger partial charge in [0, 0.05) is 26.3 Å². The van der Waals surface area contributed by atoms with Gasteiger partial charge in [0.2, 0.25) is 5.91 Å². The first-order valence-corrected chi connectivity index (χ1v) is 8.71. The van der Waals surface area contributed by atoms with E-state index in [9.17, 15) is 4.79 Å². The zero-order valence-corrected chi connectivity index (χ0v) is 14.1. The van der Waals surface area contributed by atoms with Crippen molar-refractivity contribution in [1.29, 1.82) is 0 Å². The van der Waals surface area contributed by atoms with E-state index in [1.807, 2.05) is 4.90 Å². The molecule has 4 heteroatoms. The summed E-state index contributed by atoms with van der Waals surface area (Å²) in [5.74, 6) is 0.129. The first kappa shape index (κ1) is 16.5. The largest absolute Gasteiger partial charge is 0.381 e. The summed E-state index contributed by atoms with van der Waals surface area (Å²) in [6, 6.07) is 10.6. The Bertz CT molecular complexity index is 540. The van der Waals surface area contributed by atoms with Gasteiger partial charge >= 0.3 is 0 Å². The van der Waals surface area contributed by atoms with Gasteiger partial charge in [0.1, 0.15) is 0 Å². The van der Waals surface area contributed by atoms with Gasteiger partial charge in [-0.1, -0.05) is 37.3 Å². The number of rotatable bonds is 4. The molecule has 1 atom stereocenters. The van der Waals surface area contributed by atoms with Crippen molar-refractivity contribution in [2.75, 3.05) is 26.3 Å². The lowest BCUT2D eigenvalue weighted by molar-refractivity contribution is -0.139. The number of hydrogen-bond acceptors (Lipinski definition) is 3. The number of ether oxygens (including phenoxy) is 1. The summed E-state index contributed by atoms with van der Waals surface area (Å²) in [7, 11) is 0. The molecule has 0 saturated carbocycles. The molecule has 3 rings (SSSR count). The average molecular weight is 316 g/mol. The Morgan fingerprint density at radius 2 is 1.91 bits per heavy atom. The van der Waals surface area contributed by atoms with Crippen LogP contribution in [0.15, 0.2) is 30.3 Å². The number of likely N-dealkylation sites (tertiary alicyclic amines) is 1. The maximum absolute atomic E-state index is 12.8. The van der Waals surface area contributed by atoms with E-state index < -0.39 is 5.54 Å². The predicted molar refractivity (Wildman–Crippen MR) is 91.0 cm³/mol. The average Bonchev–Trinajstić information content (AvgIpc) is 2.97. The topological polar surface area (TPSA) is 55.6 Å². The van der Waals surface area contributed by atoms with Crippen LogP contribution in [0.4, 0.5) is 0 Å². The van der Waals surface area contributed by atoms with Crippen molar-refractivity contribution in [3.05, 3.63) is 35.9 Å². The molecular formula is C19H28N2O2. The number of amides is 1. The van der Waals surface area contributed by atoms with E-state index in [0.29, 0.717) is 26.1 Å². The molecule has 1 amide bonds. The van der Waals surface area contributed by atoms with Crippen LogP contribution in [0.5, 0.6) is 0 Å². The van der Waals surface area contributed by atoms with Crippen LogP contribution in [0.3, 0.4) is 0 Å². The minimum Gasteiger partial charge on any atom is -0.381 e. The van der Waals surface area contributed by atoms with Crippen molar-refractivity contribution in [3.8, 4) is 0 Å². The number of benzene rings is 1. The summed E-state index contributed by atoms with van der Waals surface area (Å²) >= 11 is 0. The van der Waals surface area contributed by atoms with Gasteiger partial charge in [0.25, 0.3) is 0 Å². The molecule has 2 heterocycles. The summed E-state index contributed by atoms with van der Waals surface area (Å²) in [5, 5.41) is 0. The normalized spacial score (nSPS) is 27.1. The summed E-state index contributed by atoms with van der Waals surface area (Å²) in [6.07, 6.45) is 4.53. The van der Waals surface area contributed by atoms with Crippen LogP contribution in [0.25, 0.3) is 0 Å². The molecule has 0 radical (unpaired) electrons. The molecule has 2 aliphatic heterocycles. The van der Waals surface area contributed by atoms with E-state index in [2.05, 4.69) is 37.3 Å². The first-order chi connectivity index (χ1) is 11.0. The fourth-order valence-corrected chi connectivity index (χ4v) is 3.76. The monoisotopic (exact) mass is 316 g/mol. The molecule has 0 bridgehead atoms. The molecule has 1 aromatic rings. The Hall–Kier alpha value is -1.39. The van der Waals surface area contributed by atoms with Gasteiger partial charge in [-0.15, -0.1) is 0 Å². The number of carbonyl (C=O) groups excluding carboxylic acids is 1. The molecular weight excluding hydrogens is 288 g/mol. The van der Waals surface area contributed by atoms with Crippen LogP contribution in [0.2, 0.25) is 0 Å². The Morgan fingerprint density at radius 3 is 2.61 bits per heavy atom. The highest BCUT2D eigenvalue weighted by molar-refractivity contribution is 5.86. The van der Waals surface area contributed by atoms with Crippen LogP contribution in [-0.2, 0) is 16.0 Å². The molecule has 0 aliphatic carbocycles. The zero-order chi connectivity index (χ0) is 16.3. The van der Waals surface area contributed by atoms with Gasteiger partial charge in [-0.05, 0) is 43.1 Å². The third kappa shape index (κ3) is 3.75. The number of nitrogens with zero attached hydrogens (tertiary/aromatic N) is 1. The van der Waals surface area contributed by atoms with E-state index in [0.717, 1.165) is 32.4 Å². The van der Waals surface area contributed by atoms with Gasteiger partial charge in [0.05, 0.1) is 5.54 Å². The van der Waals surface area contributed by atoms with Gasteiger partial charge in [-0.3, -0.25) is 4.79 Å². The highest BCUT2D eigenvalue weighted by Gasteiger charge is 2.43. The SMILES string of the molecule is CC1(CCc2ccccc2)CCN(C(=O)C2(N)CCOCC2)C1. The molecule has 4 nitrogen and oxygen atoms in total. The second-order valence-electron chi connectivity index (χ2n) is 7.54. The molecule has 126 valence electrons. The van der Waals surface area contributed by atoms with Crippen molar-refractivity contribution in [2.24, 2.45) is 11.1 Å². The smallest absolute Gasteiger partial charge is 0.242 e. The van der Waals surface area contributed by atoms with Gasteiger partial charge in [-0.25, -0.2) is 0 Å². The maximum atomic E-state index is 12.8. The molecule has 2 N–H and O–H groups in total. The fraction of sp³-hybridized carbons (Fsp3) is 0.632. The highest BCUT2D eigenvalue weighted by Crippen LogP contribution is 2.36. The van der Waals surface area contributed by atoms with E-state index in [1.54, 1.807) is 0 Å². The van der Waals surface area contributed by atoms with Crippen molar-refractivity contribution in [2.45, 2.75) is 44.6 Å². The number of nitrogens with two attached hydrogens (primary N) is 1. The van der Waals surface area contributed by atoms with Crippen LogP contribution in [-0.4, -0.2) is 42.6 Å². The Kier molecular flexibility index (Phi) is 4.74. The Morgan fingerprint density at radius 1 is 1.22 bits per heavy atom. The minimum absolute atomic E-state index is 0.129. The van der Waals surface area contributed by atoms with Crippen molar-refractivity contribution < 1.29 is 9.53 Å². The number of aryl methyl sites for hydroxylation is 1. The molecule has 0 spiro atoms. The van der Waals surface area contributed by atoms with E-state index in [-0.39, 0.29) is 11.3 Å². The molecule has 1 aromatic carbocycles. The lowest BCUT2D eigenvalue weighted by Crippen LogP contribution is -2.57. The van der Waals surface area contributed by atoms with E-state index in [1.165, 1.54) is 5.56 Å². The first-order valence-electron chi connectivity index (χ1n) is 8.71. The number of carbonyl (C=O) groups is 1. The van der Waals surface area contributed by atoms with Crippen molar-refractivity contribution in [3.63, 3.8) is 0 Å². The highest BCUT2D eigenvalue weighted by atomic mass is 16.5. The summed E-state index contributed by atoms with van der Waals surface area (Å²) < 4.78 is 5.36. The predicted octanol–water partition coefficient (Wildman–Crippen LogP) is 2.37. The number of hydrogen-bond donors (Lipinski definition) is 1. The molecule has 1 unspecified atom stereocenters. The zero-order valence-electron chi connectivity index (χ0n) is 14.1. The van der Waals surface area contributed by atoms with Crippen molar-refractivity contribution >= 4 is 5.91 Å². The van der Waals surface area contributed by atoms with Gasteiger partial charge in [0.15, 0.2) is 0 Å². The Labute approximate surface area is 139 Å². The lowest BCUT2D eigenvalue weighted by atomic mass is 9.83. The van der Waals surface area contributed by atoms with Crippen LogP contribution in [0, 0.1) is 5.41 Å². The molecule has 2 saturated heterocycles. The van der Waals surface area contributed by atoms with Crippen molar-refractivity contribution in [1.82, 2.24) is 4.90 Å². The summed E-state index contributed by atoms with van der Waals surface area (Å²) in [6.45, 7) is 5.17. The quantitative estimate of drug-likeness (QED) is 0.928. The molecule has 0 aromatic heterocycles. The lowest BCUT2D eigenvalue weighted by Gasteiger charge is -2.36. The summed E-state index contributed by atoms with van der Waals surface area (Å²) in [4.78, 5) is 14.8. The van der Waals surface area contributed by atoms with Gasteiger partial charge < -0.3 is 15.4 Å². The van der Waals surface area contributed by atoms with Gasteiger partial charge in [-0.2, -0.15) is 0 Å². The standard InChI is InChI=1S/C19H28N2O2/c1-18(8-7-16-5-3-2-4-6-16)9-12-21(15-18)17(22)19(20)10-13-23-14-11-19/h2-6H,7-15,20H2,1H3. The maximum Gasteiger partial charge on any atom is 0.242 e. The van der Waals surface area contributed by atoms with E-state index in [4.69, 9.17) is 10.5 Å². The fourth-order valence-electron chi connectivity index (χ4n) is 3.76. The second kappa shape index (κ2) is 6.62. The third-order valence-corrected chi connectivity index (χ3v) is 5.52. The molecule has 2 fully saturated rings. The molecule has 23 heavy (non-hydrogen) atoms. The Balaban J connectivity index is 1.57. The van der Waals surface area contributed by atoms with E-state index >= 15 is 0 Å². The van der Waals surface area contributed by atoms with Crippen LogP contribution < -0.4 is 5.73 Å². The third-order valence-electron chi connectivity index (χ3n) is 5.52. The molecule has 2 aliphatic rings. The van der Waals surface area contributed by atoms with Crippen LogP contribution >= 0.6 is 0 Å². The minimum atomic E-state index is -0.705.